The molecule has 1 aromatic carbocycles. The zero-order valence-electron chi connectivity index (χ0n) is 12.7. The van der Waals surface area contributed by atoms with Gasteiger partial charge in [-0.25, -0.2) is 13.2 Å². The van der Waals surface area contributed by atoms with E-state index in [1.165, 1.54) is 4.90 Å². The maximum atomic E-state index is 13.8. The molecule has 1 N–H and O–H groups in total. The molecule has 1 spiro atoms. The van der Waals surface area contributed by atoms with Gasteiger partial charge in [0.1, 0.15) is 11.4 Å². The Morgan fingerprint density at radius 3 is 2.43 bits per heavy atom. The van der Waals surface area contributed by atoms with Crippen molar-refractivity contribution in [1.82, 2.24) is 4.90 Å². The molecule has 1 amide bonds. The first kappa shape index (κ1) is 16.3. The summed E-state index contributed by atoms with van der Waals surface area (Å²) in [6, 6.07) is 1.40. The van der Waals surface area contributed by atoms with Crippen LogP contribution in [0, 0.1) is 22.9 Å². The van der Waals surface area contributed by atoms with Crippen molar-refractivity contribution in [2.45, 2.75) is 31.5 Å². The minimum Gasteiger partial charge on any atom is -0.392 e. The highest BCUT2D eigenvalue weighted by atomic mass is 19.2. The molecule has 126 valence electrons. The standard InChI is InChI=1S/C16H18F3NO3/c1-23-12-8-11(21)16(12)4-6-20(7-5-16)15(22)13-9(17)2-3-10(18)14(13)19/h2-3,11-12,21H,4-8H2,1H3/t11-,12+/m0/s1. The number of hydrogen-bond donors (Lipinski definition) is 1. The maximum absolute atomic E-state index is 13.8. The lowest BCUT2D eigenvalue weighted by molar-refractivity contribution is -0.199. The van der Waals surface area contributed by atoms with Crippen LogP contribution >= 0.6 is 0 Å². The Kier molecular flexibility index (Phi) is 4.10. The molecular weight excluding hydrogens is 311 g/mol. The molecule has 1 heterocycles. The van der Waals surface area contributed by atoms with Crippen molar-refractivity contribution in [3.8, 4) is 0 Å². The molecule has 2 atom stereocenters. The molecule has 0 unspecified atom stereocenters. The Bertz CT molecular complexity index is 629. The van der Waals surface area contributed by atoms with Gasteiger partial charge in [0.2, 0.25) is 0 Å². The van der Waals surface area contributed by atoms with Gasteiger partial charge in [-0.2, -0.15) is 0 Å². The van der Waals surface area contributed by atoms with E-state index in [0.717, 1.165) is 6.07 Å². The number of nitrogens with zero attached hydrogens (tertiary/aromatic N) is 1. The van der Waals surface area contributed by atoms with E-state index in [0.29, 0.717) is 25.3 Å². The zero-order chi connectivity index (χ0) is 16.8. The lowest BCUT2D eigenvalue weighted by Crippen LogP contribution is -2.62. The molecule has 2 aliphatic rings. The normalized spacial score (nSPS) is 26.2. The molecule has 2 fully saturated rings. The Morgan fingerprint density at radius 2 is 1.87 bits per heavy atom. The average molecular weight is 329 g/mol. The van der Waals surface area contributed by atoms with E-state index in [2.05, 4.69) is 0 Å². The van der Waals surface area contributed by atoms with Gasteiger partial charge in [-0.3, -0.25) is 4.79 Å². The summed E-state index contributed by atoms with van der Waals surface area (Å²) in [5.41, 5.74) is -1.26. The van der Waals surface area contributed by atoms with Gasteiger partial charge in [-0.15, -0.1) is 0 Å². The van der Waals surface area contributed by atoms with Crippen LogP contribution in [0.5, 0.6) is 0 Å². The second-order valence-electron chi connectivity index (χ2n) is 6.22. The number of halogens is 3. The molecule has 0 bridgehead atoms. The Hall–Kier alpha value is -1.60. The van der Waals surface area contributed by atoms with E-state index in [9.17, 15) is 23.1 Å². The number of rotatable bonds is 2. The van der Waals surface area contributed by atoms with Gasteiger partial charge in [0.05, 0.1) is 12.2 Å². The number of carbonyl (C=O) groups is 1. The summed E-state index contributed by atoms with van der Waals surface area (Å²) in [5, 5.41) is 10.0. The fourth-order valence-corrected chi connectivity index (χ4v) is 3.72. The molecule has 23 heavy (non-hydrogen) atoms. The third kappa shape index (κ3) is 2.42. The van der Waals surface area contributed by atoms with Crippen LogP contribution in [0.3, 0.4) is 0 Å². The summed E-state index contributed by atoms with van der Waals surface area (Å²) in [6.07, 6.45) is 0.954. The summed E-state index contributed by atoms with van der Waals surface area (Å²) in [7, 11) is 1.58. The first-order chi connectivity index (χ1) is 10.9. The average Bonchev–Trinajstić information content (AvgIpc) is 2.56. The Labute approximate surface area is 131 Å². The van der Waals surface area contributed by atoms with Gasteiger partial charge in [-0.05, 0) is 25.0 Å². The number of hydrogen-bond acceptors (Lipinski definition) is 3. The third-order valence-electron chi connectivity index (χ3n) is 5.27. The topological polar surface area (TPSA) is 49.8 Å². The molecule has 1 aliphatic carbocycles. The maximum Gasteiger partial charge on any atom is 0.259 e. The van der Waals surface area contributed by atoms with Crippen molar-refractivity contribution in [2.24, 2.45) is 5.41 Å². The zero-order valence-corrected chi connectivity index (χ0v) is 12.7. The van der Waals surface area contributed by atoms with Crippen LogP contribution in [0.4, 0.5) is 13.2 Å². The molecular formula is C16H18F3NO3. The van der Waals surface area contributed by atoms with Gasteiger partial charge in [0.15, 0.2) is 11.6 Å². The van der Waals surface area contributed by atoms with Crippen molar-refractivity contribution >= 4 is 5.91 Å². The summed E-state index contributed by atoms with van der Waals surface area (Å²) in [5.74, 6) is -4.66. The largest absolute Gasteiger partial charge is 0.392 e. The van der Waals surface area contributed by atoms with E-state index in [1.54, 1.807) is 7.11 Å². The van der Waals surface area contributed by atoms with Gasteiger partial charge in [0, 0.05) is 32.0 Å². The molecule has 1 saturated carbocycles. The van der Waals surface area contributed by atoms with Crippen molar-refractivity contribution < 1.29 is 27.8 Å². The highest BCUT2D eigenvalue weighted by molar-refractivity contribution is 5.94. The smallest absolute Gasteiger partial charge is 0.259 e. The van der Waals surface area contributed by atoms with E-state index in [1.807, 2.05) is 0 Å². The van der Waals surface area contributed by atoms with Crippen molar-refractivity contribution in [2.75, 3.05) is 20.2 Å². The molecule has 7 heteroatoms. The number of ether oxygens (including phenoxy) is 1. The van der Waals surface area contributed by atoms with Gasteiger partial charge >= 0.3 is 0 Å². The molecule has 0 radical (unpaired) electrons. The van der Waals surface area contributed by atoms with E-state index < -0.39 is 40.4 Å². The minimum atomic E-state index is -1.46. The monoisotopic (exact) mass is 329 g/mol. The second kappa shape index (κ2) is 5.79. The van der Waals surface area contributed by atoms with Crippen LogP contribution in [-0.2, 0) is 4.74 Å². The number of piperidine rings is 1. The fraction of sp³-hybridized carbons (Fsp3) is 0.562. The number of aliphatic hydroxyl groups is 1. The van der Waals surface area contributed by atoms with Gasteiger partial charge in [-0.1, -0.05) is 0 Å². The van der Waals surface area contributed by atoms with Crippen molar-refractivity contribution in [3.05, 3.63) is 35.1 Å². The number of methoxy groups -OCH3 is 1. The molecule has 0 aromatic heterocycles. The number of carbonyl (C=O) groups excluding carboxylic acids is 1. The van der Waals surface area contributed by atoms with Crippen LogP contribution < -0.4 is 0 Å². The minimum absolute atomic E-state index is 0.0719. The molecule has 1 saturated heterocycles. The van der Waals surface area contributed by atoms with E-state index >= 15 is 0 Å². The van der Waals surface area contributed by atoms with Crippen LogP contribution in [0.25, 0.3) is 0 Å². The molecule has 3 rings (SSSR count). The second-order valence-corrected chi connectivity index (χ2v) is 6.22. The lowest BCUT2D eigenvalue weighted by atomic mass is 9.58. The predicted octanol–water partition coefficient (Wildman–Crippen LogP) is 2.11. The van der Waals surface area contributed by atoms with Crippen LogP contribution in [0.1, 0.15) is 29.6 Å². The number of amides is 1. The molecule has 1 aromatic rings. The summed E-state index contributed by atoms with van der Waals surface area (Å²) < 4.78 is 46.1. The third-order valence-corrected chi connectivity index (χ3v) is 5.27. The van der Waals surface area contributed by atoms with E-state index in [-0.39, 0.29) is 19.2 Å². The molecule has 1 aliphatic heterocycles. The first-order valence-corrected chi connectivity index (χ1v) is 7.54. The van der Waals surface area contributed by atoms with Crippen LogP contribution in [0.2, 0.25) is 0 Å². The molecule has 4 nitrogen and oxygen atoms in total. The van der Waals surface area contributed by atoms with Crippen molar-refractivity contribution in [3.63, 3.8) is 0 Å². The predicted molar refractivity (Wildman–Crippen MR) is 75.3 cm³/mol. The number of benzene rings is 1. The Balaban J connectivity index is 1.76. The Morgan fingerprint density at radius 1 is 1.26 bits per heavy atom. The van der Waals surface area contributed by atoms with Crippen molar-refractivity contribution in [1.29, 1.82) is 0 Å². The fourth-order valence-electron chi connectivity index (χ4n) is 3.72. The highest BCUT2D eigenvalue weighted by Crippen LogP contribution is 2.50. The lowest BCUT2D eigenvalue weighted by Gasteiger charge is -2.56. The highest BCUT2D eigenvalue weighted by Gasteiger charge is 2.56. The van der Waals surface area contributed by atoms with Crippen LogP contribution in [0.15, 0.2) is 12.1 Å². The quantitative estimate of drug-likeness (QED) is 0.846. The summed E-state index contributed by atoms with van der Waals surface area (Å²) in [6.45, 7) is 0.482. The first-order valence-electron chi connectivity index (χ1n) is 7.54. The summed E-state index contributed by atoms with van der Waals surface area (Å²) in [4.78, 5) is 13.6. The van der Waals surface area contributed by atoms with Gasteiger partial charge in [0.25, 0.3) is 5.91 Å². The summed E-state index contributed by atoms with van der Waals surface area (Å²) >= 11 is 0. The van der Waals surface area contributed by atoms with Gasteiger partial charge < -0.3 is 14.7 Å². The number of likely N-dealkylation sites (tertiary alicyclic amines) is 1. The SMILES string of the molecule is CO[C@@H]1C[C@H](O)C12CCN(C(=O)c1c(F)ccc(F)c1F)CC2. The number of aliphatic hydroxyl groups excluding tert-OH is 1. The van der Waals surface area contributed by atoms with E-state index in [4.69, 9.17) is 4.74 Å². The van der Waals surface area contributed by atoms with Crippen LogP contribution in [-0.4, -0.2) is 48.3 Å².